The van der Waals surface area contributed by atoms with E-state index in [1.807, 2.05) is 47.4 Å². The van der Waals surface area contributed by atoms with Crippen molar-refractivity contribution in [2.45, 2.75) is 24.9 Å². The molecule has 1 saturated heterocycles. The predicted octanol–water partition coefficient (Wildman–Crippen LogP) is 3.06. The Morgan fingerprint density at radius 2 is 1.77 bits per heavy atom. The van der Waals surface area contributed by atoms with Gasteiger partial charge >= 0.3 is 0 Å². The number of carbonyl (C=O) groups excluding carboxylic acids is 1. The van der Waals surface area contributed by atoms with Crippen LogP contribution in [-0.4, -0.2) is 24.5 Å². The molecule has 0 aromatic heterocycles. The number of carbonyl (C=O) groups is 1. The smallest absolute Gasteiger partial charge is 0.253 e. The monoisotopic (exact) mass is 368 g/mol. The van der Waals surface area contributed by atoms with Crippen molar-refractivity contribution in [1.82, 2.24) is 5.32 Å². The first-order valence-electron chi connectivity index (χ1n) is 8.61. The molecule has 2 N–H and O–H groups in total. The Balaban J connectivity index is 0.00000196. The maximum absolute atomic E-state index is 13.4. The summed E-state index contributed by atoms with van der Waals surface area (Å²) in [6, 6.07) is 17.6. The van der Waals surface area contributed by atoms with E-state index >= 15 is 0 Å². The van der Waals surface area contributed by atoms with Crippen molar-refractivity contribution in [1.29, 1.82) is 5.26 Å². The largest absolute Gasteiger partial charge is 0.369 e. The van der Waals surface area contributed by atoms with Crippen LogP contribution < -0.4 is 15.5 Å². The molecule has 0 bridgehead atoms. The Kier molecular flexibility index (Phi) is 5.17. The van der Waals surface area contributed by atoms with Gasteiger partial charge in [-0.1, -0.05) is 30.3 Å². The molecule has 4 rings (SSSR count). The molecule has 2 aromatic rings. The molecule has 5 nitrogen and oxygen atoms in total. The summed E-state index contributed by atoms with van der Waals surface area (Å²) in [5.41, 5.74) is 2.80. The van der Waals surface area contributed by atoms with E-state index in [1.54, 1.807) is 6.07 Å². The van der Waals surface area contributed by atoms with Crippen LogP contribution in [0.25, 0.3) is 0 Å². The van der Waals surface area contributed by atoms with Gasteiger partial charge in [0.05, 0.1) is 29.6 Å². The Bertz CT molecular complexity index is 855. The minimum atomic E-state index is -0.554. The second-order valence-electron chi connectivity index (χ2n) is 6.63. The molecule has 1 amide bonds. The summed E-state index contributed by atoms with van der Waals surface area (Å²) < 4.78 is 0. The quantitative estimate of drug-likeness (QED) is 0.854. The lowest BCUT2D eigenvalue weighted by Crippen LogP contribution is -2.61. The topological polar surface area (TPSA) is 68.2 Å². The zero-order valence-electron chi connectivity index (χ0n) is 14.4. The van der Waals surface area contributed by atoms with Gasteiger partial charge in [0, 0.05) is 0 Å². The third-order valence-electron chi connectivity index (χ3n) is 5.15. The van der Waals surface area contributed by atoms with Gasteiger partial charge in [-0.05, 0) is 49.7 Å². The van der Waals surface area contributed by atoms with Crippen molar-refractivity contribution in [2.75, 3.05) is 23.3 Å². The fraction of sp³-hybridized carbons (Fsp3) is 0.300. The lowest BCUT2D eigenvalue weighted by atomic mass is 9.84. The van der Waals surface area contributed by atoms with E-state index in [1.165, 1.54) is 0 Å². The van der Waals surface area contributed by atoms with Crippen LogP contribution in [0.2, 0.25) is 0 Å². The summed E-state index contributed by atoms with van der Waals surface area (Å²) in [6.07, 6.45) is 1.52. The second-order valence-corrected chi connectivity index (χ2v) is 6.63. The lowest BCUT2D eigenvalue weighted by molar-refractivity contribution is -0.124. The molecule has 26 heavy (non-hydrogen) atoms. The maximum atomic E-state index is 13.4. The first kappa shape index (κ1) is 18.2. The van der Waals surface area contributed by atoms with E-state index in [-0.39, 0.29) is 18.3 Å². The molecule has 0 unspecified atom stereocenters. The van der Waals surface area contributed by atoms with E-state index in [2.05, 4.69) is 16.7 Å². The van der Waals surface area contributed by atoms with Gasteiger partial charge in [0.2, 0.25) is 0 Å². The van der Waals surface area contributed by atoms with E-state index in [0.29, 0.717) is 12.1 Å². The summed E-state index contributed by atoms with van der Waals surface area (Å²) in [6.45, 7) is 2.06. The number of hydrogen-bond acceptors (Lipinski definition) is 4. The van der Waals surface area contributed by atoms with E-state index < -0.39 is 5.54 Å². The Labute approximate surface area is 159 Å². The fourth-order valence-corrected chi connectivity index (χ4v) is 3.78. The van der Waals surface area contributed by atoms with Crippen LogP contribution in [0, 0.1) is 11.3 Å². The Morgan fingerprint density at radius 3 is 2.54 bits per heavy atom. The van der Waals surface area contributed by atoms with Crippen molar-refractivity contribution < 1.29 is 4.79 Å². The van der Waals surface area contributed by atoms with Gasteiger partial charge < -0.3 is 15.5 Å². The number of para-hydroxylation sites is 2. The van der Waals surface area contributed by atoms with Gasteiger partial charge in [0.25, 0.3) is 5.91 Å². The van der Waals surface area contributed by atoms with Crippen LogP contribution in [0.3, 0.4) is 0 Å². The number of halogens is 1. The van der Waals surface area contributed by atoms with E-state index in [9.17, 15) is 10.1 Å². The van der Waals surface area contributed by atoms with Crippen LogP contribution >= 0.6 is 12.4 Å². The van der Waals surface area contributed by atoms with Crippen molar-refractivity contribution in [3.63, 3.8) is 0 Å². The summed E-state index contributed by atoms with van der Waals surface area (Å²) in [5, 5.41) is 16.2. The molecule has 1 spiro atoms. The van der Waals surface area contributed by atoms with Gasteiger partial charge in [0.1, 0.15) is 5.54 Å². The highest BCUT2D eigenvalue weighted by Crippen LogP contribution is 2.39. The van der Waals surface area contributed by atoms with Gasteiger partial charge in [0.15, 0.2) is 0 Å². The normalized spacial score (nSPS) is 17.7. The number of nitrogens with zero attached hydrogens (tertiary/aromatic N) is 2. The molecule has 2 aliphatic heterocycles. The molecule has 6 heteroatoms. The predicted molar refractivity (Wildman–Crippen MR) is 104 cm³/mol. The average molecular weight is 369 g/mol. The van der Waals surface area contributed by atoms with E-state index in [4.69, 9.17) is 0 Å². The van der Waals surface area contributed by atoms with Gasteiger partial charge in [-0.2, -0.15) is 5.26 Å². The summed E-state index contributed by atoms with van der Waals surface area (Å²) >= 11 is 0. The van der Waals surface area contributed by atoms with Crippen molar-refractivity contribution in [2.24, 2.45) is 0 Å². The number of nitrogens with one attached hydrogen (secondary N) is 2. The SMILES string of the molecule is Cl.N#Cc1ccccc1CN1C(=O)C2(CCNCC2)Nc2ccccc21. The van der Waals surface area contributed by atoms with Gasteiger partial charge in [-0.15, -0.1) is 12.4 Å². The molecule has 1 fully saturated rings. The Morgan fingerprint density at radius 1 is 1.08 bits per heavy atom. The lowest BCUT2D eigenvalue weighted by Gasteiger charge is -2.46. The minimum absolute atomic E-state index is 0. The first-order chi connectivity index (χ1) is 12.2. The van der Waals surface area contributed by atoms with Crippen molar-refractivity contribution in [3.8, 4) is 6.07 Å². The van der Waals surface area contributed by atoms with Crippen LogP contribution in [0.1, 0.15) is 24.0 Å². The van der Waals surface area contributed by atoms with Gasteiger partial charge in [-0.25, -0.2) is 0 Å². The summed E-state index contributed by atoms with van der Waals surface area (Å²) in [7, 11) is 0. The molecule has 2 aliphatic rings. The van der Waals surface area contributed by atoms with Gasteiger partial charge in [-0.3, -0.25) is 4.79 Å². The highest BCUT2D eigenvalue weighted by atomic mass is 35.5. The molecule has 0 aliphatic carbocycles. The van der Waals surface area contributed by atoms with Crippen molar-refractivity contribution >= 4 is 29.7 Å². The molecule has 134 valence electrons. The van der Waals surface area contributed by atoms with E-state index in [0.717, 1.165) is 42.9 Å². The Hall–Kier alpha value is -2.55. The fourth-order valence-electron chi connectivity index (χ4n) is 3.78. The zero-order valence-corrected chi connectivity index (χ0v) is 15.2. The zero-order chi connectivity index (χ0) is 17.3. The number of amides is 1. The third-order valence-corrected chi connectivity index (χ3v) is 5.15. The van der Waals surface area contributed by atoms with Crippen LogP contribution in [0.5, 0.6) is 0 Å². The highest BCUT2D eigenvalue weighted by molar-refractivity contribution is 6.07. The molecule has 0 atom stereocenters. The third kappa shape index (κ3) is 3.03. The van der Waals surface area contributed by atoms with Crippen molar-refractivity contribution in [3.05, 3.63) is 59.7 Å². The van der Waals surface area contributed by atoms with Crippen LogP contribution in [0.4, 0.5) is 11.4 Å². The second kappa shape index (κ2) is 7.36. The molecular weight excluding hydrogens is 348 g/mol. The number of benzene rings is 2. The molecule has 0 saturated carbocycles. The standard InChI is InChI=1S/C20H20N4O.ClH/c21-13-15-5-1-2-6-16(15)14-24-18-8-4-3-7-17(18)23-20(19(24)25)9-11-22-12-10-20;/h1-8,22-23H,9-12,14H2;1H. The average Bonchev–Trinajstić information content (AvgIpc) is 2.66. The molecule has 2 aromatic carbocycles. The molecule has 0 radical (unpaired) electrons. The number of fused-ring (bicyclic) bond motifs is 1. The summed E-state index contributed by atoms with van der Waals surface area (Å²) in [4.78, 5) is 15.3. The minimum Gasteiger partial charge on any atom is -0.369 e. The first-order valence-corrected chi connectivity index (χ1v) is 8.61. The van der Waals surface area contributed by atoms with Crippen LogP contribution in [-0.2, 0) is 11.3 Å². The molecule has 2 heterocycles. The number of anilines is 2. The number of piperidine rings is 1. The summed E-state index contributed by atoms with van der Waals surface area (Å²) in [5.74, 6) is 0.0976. The maximum Gasteiger partial charge on any atom is 0.253 e. The van der Waals surface area contributed by atoms with Crippen LogP contribution in [0.15, 0.2) is 48.5 Å². The number of hydrogen-bond donors (Lipinski definition) is 2. The number of nitriles is 1. The highest BCUT2D eigenvalue weighted by Gasteiger charge is 2.46. The molecular formula is C20H21ClN4O. The number of rotatable bonds is 2.